The topological polar surface area (TPSA) is 117 Å². The Morgan fingerprint density at radius 1 is 1.20 bits per heavy atom. The Labute approximate surface area is 88.3 Å². The van der Waals surface area contributed by atoms with Crippen molar-refractivity contribution in [3.8, 4) is 0 Å². The second-order valence-corrected chi connectivity index (χ2v) is 4.05. The molecule has 1 heterocycles. The van der Waals surface area contributed by atoms with E-state index in [1.54, 1.807) is 0 Å². The summed E-state index contributed by atoms with van der Waals surface area (Å²) in [6.45, 7) is 0. The number of nitrogen functional groups attached to an aromatic ring is 1. The Hall–Kier alpha value is -1.27. The number of hydrogen-bond acceptors (Lipinski definition) is 6. The molecule has 1 fully saturated rings. The highest BCUT2D eigenvalue weighted by atomic mass is 15.1. The van der Waals surface area contributed by atoms with Gasteiger partial charge in [-0.05, 0) is 19.3 Å². The molecular weight excluding hydrogens is 192 g/mol. The van der Waals surface area contributed by atoms with Crippen LogP contribution in [0.2, 0.25) is 0 Å². The molecule has 0 amide bonds. The molecule has 0 aliphatic heterocycles. The minimum atomic E-state index is 0.0237. The number of hydrogen-bond donors (Lipinski definition) is 3. The number of nitrogens with two attached hydrogens (primary N) is 3. The van der Waals surface area contributed by atoms with Gasteiger partial charge in [0.25, 0.3) is 0 Å². The molecule has 3 atom stereocenters. The van der Waals surface area contributed by atoms with Gasteiger partial charge in [-0.3, -0.25) is 0 Å². The second-order valence-electron chi connectivity index (χ2n) is 4.05. The first-order chi connectivity index (χ1) is 7.16. The minimum Gasteiger partial charge on any atom is -0.368 e. The number of rotatable bonds is 1. The molecule has 6 N–H and O–H groups in total. The van der Waals surface area contributed by atoms with Crippen LogP contribution in [0.5, 0.6) is 0 Å². The van der Waals surface area contributed by atoms with E-state index in [1.807, 2.05) is 0 Å². The quantitative estimate of drug-likeness (QED) is 0.566. The van der Waals surface area contributed by atoms with Crippen LogP contribution in [0.3, 0.4) is 0 Å². The first kappa shape index (κ1) is 10.3. The van der Waals surface area contributed by atoms with Gasteiger partial charge in [0.05, 0.1) is 0 Å². The van der Waals surface area contributed by atoms with E-state index in [0.717, 1.165) is 19.3 Å². The zero-order valence-electron chi connectivity index (χ0n) is 8.50. The molecule has 82 valence electrons. The number of nitrogens with zero attached hydrogens (tertiary/aromatic N) is 3. The molecule has 6 heteroatoms. The molecule has 3 unspecified atom stereocenters. The van der Waals surface area contributed by atoms with Crippen LogP contribution in [0.1, 0.15) is 31.0 Å². The zero-order chi connectivity index (χ0) is 10.8. The maximum absolute atomic E-state index is 6.03. The Morgan fingerprint density at radius 3 is 2.67 bits per heavy atom. The summed E-state index contributed by atoms with van der Waals surface area (Å²) in [7, 11) is 0. The predicted molar refractivity (Wildman–Crippen MR) is 56.8 cm³/mol. The lowest BCUT2D eigenvalue weighted by molar-refractivity contribution is 0.337. The van der Waals surface area contributed by atoms with Crippen molar-refractivity contribution in [3.05, 3.63) is 12.2 Å². The summed E-state index contributed by atoms with van der Waals surface area (Å²) >= 11 is 0. The summed E-state index contributed by atoms with van der Waals surface area (Å²) in [5.74, 6) is 1.11. The van der Waals surface area contributed by atoms with Crippen molar-refractivity contribution in [2.75, 3.05) is 5.73 Å². The van der Waals surface area contributed by atoms with Crippen LogP contribution >= 0.6 is 0 Å². The van der Waals surface area contributed by atoms with E-state index in [-0.39, 0.29) is 23.9 Å². The predicted octanol–water partition coefficient (Wildman–Crippen LogP) is -0.624. The molecule has 1 saturated carbocycles. The molecule has 2 rings (SSSR count). The highest BCUT2D eigenvalue weighted by molar-refractivity contribution is 5.16. The Morgan fingerprint density at radius 2 is 2.00 bits per heavy atom. The maximum Gasteiger partial charge on any atom is 0.223 e. The summed E-state index contributed by atoms with van der Waals surface area (Å²) in [5.41, 5.74) is 17.4. The van der Waals surface area contributed by atoms with Gasteiger partial charge in [0.1, 0.15) is 12.2 Å². The van der Waals surface area contributed by atoms with Gasteiger partial charge in [-0.15, -0.1) is 0 Å². The summed E-state index contributed by atoms with van der Waals surface area (Å²) in [6.07, 6.45) is 4.13. The molecule has 6 nitrogen and oxygen atoms in total. The average Bonchev–Trinajstić information content (AvgIpc) is 2.17. The average molecular weight is 208 g/mol. The third-order valence-electron chi connectivity index (χ3n) is 2.88. The number of anilines is 1. The molecule has 0 spiro atoms. The summed E-state index contributed by atoms with van der Waals surface area (Å²) in [6, 6.07) is 0.228. The molecule has 1 aliphatic rings. The van der Waals surface area contributed by atoms with Gasteiger partial charge in [0.2, 0.25) is 5.95 Å². The summed E-state index contributed by atoms with van der Waals surface area (Å²) < 4.78 is 0. The Kier molecular flexibility index (Phi) is 2.79. The monoisotopic (exact) mass is 208 g/mol. The summed E-state index contributed by atoms with van der Waals surface area (Å²) in [5, 5.41) is 0. The third kappa shape index (κ3) is 2.21. The van der Waals surface area contributed by atoms with Crippen molar-refractivity contribution in [1.29, 1.82) is 0 Å². The molecule has 0 aromatic carbocycles. The molecule has 0 bridgehead atoms. The zero-order valence-corrected chi connectivity index (χ0v) is 8.50. The van der Waals surface area contributed by atoms with Gasteiger partial charge in [0, 0.05) is 18.0 Å². The van der Waals surface area contributed by atoms with Crippen LogP contribution in [-0.4, -0.2) is 27.0 Å². The fourth-order valence-electron chi connectivity index (χ4n) is 2.06. The van der Waals surface area contributed by atoms with Crippen molar-refractivity contribution >= 4 is 5.95 Å². The van der Waals surface area contributed by atoms with E-state index in [2.05, 4.69) is 15.0 Å². The normalized spacial score (nSPS) is 31.5. The molecule has 0 saturated heterocycles. The molecule has 0 radical (unpaired) electrons. The number of aromatic nitrogens is 3. The standard InChI is InChI=1S/C9H16N6/c10-5-1-2-6(7(11)3-5)8-13-4-14-9(12)15-8/h4-7H,1-3,10-11H2,(H2,12,13,14,15). The van der Waals surface area contributed by atoms with Crippen LogP contribution in [0.4, 0.5) is 5.95 Å². The lowest BCUT2D eigenvalue weighted by Gasteiger charge is -2.30. The highest BCUT2D eigenvalue weighted by Gasteiger charge is 2.29. The molecule has 1 aliphatic carbocycles. The van der Waals surface area contributed by atoms with Crippen molar-refractivity contribution in [2.24, 2.45) is 11.5 Å². The van der Waals surface area contributed by atoms with Crippen molar-refractivity contribution in [3.63, 3.8) is 0 Å². The van der Waals surface area contributed by atoms with E-state index in [9.17, 15) is 0 Å². The molecular formula is C9H16N6. The molecule has 1 aromatic heterocycles. The van der Waals surface area contributed by atoms with E-state index < -0.39 is 0 Å². The first-order valence-electron chi connectivity index (χ1n) is 5.12. The van der Waals surface area contributed by atoms with Crippen LogP contribution in [-0.2, 0) is 0 Å². The van der Waals surface area contributed by atoms with Crippen molar-refractivity contribution in [1.82, 2.24) is 15.0 Å². The van der Waals surface area contributed by atoms with Gasteiger partial charge in [-0.25, -0.2) is 9.97 Å². The van der Waals surface area contributed by atoms with Crippen LogP contribution in [0, 0.1) is 0 Å². The fourth-order valence-corrected chi connectivity index (χ4v) is 2.06. The van der Waals surface area contributed by atoms with Crippen molar-refractivity contribution in [2.45, 2.75) is 37.3 Å². The maximum atomic E-state index is 6.03. The molecule has 1 aromatic rings. The van der Waals surface area contributed by atoms with Crippen LogP contribution in [0.15, 0.2) is 6.33 Å². The van der Waals surface area contributed by atoms with Gasteiger partial charge >= 0.3 is 0 Å². The smallest absolute Gasteiger partial charge is 0.223 e. The highest BCUT2D eigenvalue weighted by Crippen LogP contribution is 2.29. The van der Waals surface area contributed by atoms with Gasteiger partial charge < -0.3 is 17.2 Å². The van der Waals surface area contributed by atoms with Gasteiger partial charge in [-0.1, -0.05) is 0 Å². The van der Waals surface area contributed by atoms with Gasteiger partial charge in [0.15, 0.2) is 0 Å². The van der Waals surface area contributed by atoms with E-state index in [1.165, 1.54) is 6.33 Å². The molecule has 15 heavy (non-hydrogen) atoms. The van der Waals surface area contributed by atoms with Crippen LogP contribution in [0.25, 0.3) is 0 Å². The van der Waals surface area contributed by atoms with E-state index in [4.69, 9.17) is 17.2 Å². The largest absolute Gasteiger partial charge is 0.368 e. The van der Waals surface area contributed by atoms with E-state index in [0.29, 0.717) is 5.82 Å². The Balaban J connectivity index is 2.17. The minimum absolute atomic E-state index is 0.0237. The first-order valence-corrected chi connectivity index (χ1v) is 5.12. The lowest BCUT2D eigenvalue weighted by Crippen LogP contribution is -2.41. The SMILES string of the molecule is Nc1ncnc(C2CCC(N)CC2N)n1. The third-order valence-corrected chi connectivity index (χ3v) is 2.88. The van der Waals surface area contributed by atoms with Crippen molar-refractivity contribution < 1.29 is 0 Å². The lowest BCUT2D eigenvalue weighted by atomic mass is 9.82. The summed E-state index contributed by atoms with van der Waals surface area (Å²) in [4.78, 5) is 12.0. The fraction of sp³-hybridized carbons (Fsp3) is 0.667. The van der Waals surface area contributed by atoms with E-state index >= 15 is 0 Å². The Bertz CT molecular complexity index is 341. The van der Waals surface area contributed by atoms with Crippen LogP contribution < -0.4 is 17.2 Å². The second kappa shape index (κ2) is 4.08. The van der Waals surface area contributed by atoms with Gasteiger partial charge in [-0.2, -0.15) is 4.98 Å².